The van der Waals surface area contributed by atoms with Gasteiger partial charge in [0.15, 0.2) is 0 Å². The van der Waals surface area contributed by atoms with Crippen LogP contribution in [0.25, 0.3) is 0 Å². The predicted molar refractivity (Wildman–Crippen MR) is 87.1 cm³/mol. The molecule has 1 aliphatic rings. The molecule has 3 nitrogen and oxygen atoms in total. The van der Waals surface area contributed by atoms with E-state index < -0.39 is 0 Å². The molecular weight excluding hydrogens is 248 g/mol. The molecule has 120 valence electrons. The normalized spacial score (nSPS) is 19.2. The van der Waals surface area contributed by atoms with E-state index in [9.17, 15) is 5.11 Å². The molecule has 1 rings (SSSR count). The zero-order valence-corrected chi connectivity index (χ0v) is 13.8. The van der Waals surface area contributed by atoms with Gasteiger partial charge in [0.1, 0.15) is 0 Å². The van der Waals surface area contributed by atoms with E-state index in [2.05, 4.69) is 24.1 Å². The van der Waals surface area contributed by atoms with Crippen molar-refractivity contribution in [2.75, 3.05) is 39.3 Å². The topological polar surface area (TPSA) is 35.5 Å². The van der Waals surface area contributed by atoms with Crippen molar-refractivity contribution in [2.45, 2.75) is 65.2 Å². The first-order valence-electron chi connectivity index (χ1n) is 8.80. The summed E-state index contributed by atoms with van der Waals surface area (Å²) in [6.07, 6.45) is 10.7. The third-order valence-corrected chi connectivity index (χ3v) is 4.61. The van der Waals surface area contributed by atoms with Crippen LogP contribution in [-0.2, 0) is 0 Å². The third kappa shape index (κ3) is 6.55. The molecule has 0 heterocycles. The lowest BCUT2D eigenvalue weighted by Gasteiger charge is -2.38. The summed E-state index contributed by atoms with van der Waals surface area (Å²) < 4.78 is 0. The van der Waals surface area contributed by atoms with E-state index in [0.717, 1.165) is 32.7 Å². The van der Waals surface area contributed by atoms with Crippen molar-refractivity contribution in [1.82, 2.24) is 10.2 Å². The smallest absolute Gasteiger partial charge is 0.0558 e. The fourth-order valence-corrected chi connectivity index (χ4v) is 3.60. The molecule has 2 N–H and O–H groups in total. The Kier molecular flexibility index (Phi) is 9.49. The number of hydrogen-bond acceptors (Lipinski definition) is 3. The highest BCUT2D eigenvalue weighted by atomic mass is 16.3. The fraction of sp³-hybridized carbons (Fsp3) is 1.00. The molecule has 0 aromatic heterocycles. The molecular formula is C17H36N2O. The van der Waals surface area contributed by atoms with Crippen LogP contribution in [0, 0.1) is 5.41 Å². The summed E-state index contributed by atoms with van der Waals surface area (Å²) in [5.74, 6) is 0. The third-order valence-electron chi connectivity index (χ3n) is 4.61. The van der Waals surface area contributed by atoms with E-state index in [0.29, 0.717) is 12.0 Å². The highest BCUT2D eigenvalue weighted by Crippen LogP contribution is 2.35. The number of hydrogen-bond donors (Lipinski definition) is 2. The Hall–Kier alpha value is -0.120. The van der Waals surface area contributed by atoms with Gasteiger partial charge in [-0.05, 0) is 44.2 Å². The first kappa shape index (κ1) is 17.9. The van der Waals surface area contributed by atoms with Crippen LogP contribution in [-0.4, -0.2) is 49.3 Å². The van der Waals surface area contributed by atoms with Gasteiger partial charge >= 0.3 is 0 Å². The Morgan fingerprint density at radius 1 is 1.00 bits per heavy atom. The first-order valence-corrected chi connectivity index (χ1v) is 8.80. The highest BCUT2D eigenvalue weighted by molar-refractivity contribution is 4.87. The van der Waals surface area contributed by atoms with Gasteiger partial charge in [-0.15, -0.1) is 0 Å². The number of nitrogens with one attached hydrogen (secondary N) is 1. The Morgan fingerprint density at radius 2 is 1.70 bits per heavy atom. The molecule has 0 amide bonds. The molecule has 1 fully saturated rings. The van der Waals surface area contributed by atoms with Crippen LogP contribution in [0.2, 0.25) is 0 Å². The van der Waals surface area contributed by atoms with Crippen LogP contribution in [0.3, 0.4) is 0 Å². The highest BCUT2D eigenvalue weighted by Gasteiger charge is 2.32. The van der Waals surface area contributed by atoms with Gasteiger partial charge in [0.05, 0.1) is 6.61 Å². The number of nitrogens with zero attached hydrogens (tertiary/aromatic N) is 1. The number of aliphatic hydroxyl groups excluding tert-OH is 1. The minimum atomic E-state index is 0.290. The summed E-state index contributed by atoms with van der Waals surface area (Å²) in [6.45, 7) is 10.2. The van der Waals surface area contributed by atoms with Crippen molar-refractivity contribution in [3.8, 4) is 0 Å². The second kappa shape index (κ2) is 10.6. The molecule has 3 heteroatoms. The summed E-state index contributed by atoms with van der Waals surface area (Å²) in [5, 5.41) is 13.0. The molecule has 0 aromatic carbocycles. The number of rotatable bonds is 10. The van der Waals surface area contributed by atoms with Crippen LogP contribution in [0.15, 0.2) is 0 Å². The predicted octanol–water partition coefficient (Wildman–Crippen LogP) is 3.03. The molecule has 0 aromatic rings. The molecule has 1 saturated carbocycles. The van der Waals surface area contributed by atoms with Gasteiger partial charge in [0, 0.05) is 19.6 Å². The van der Waals surface area contributed by atoms with Gasteiger partial charge in [0.2, 0.25) is 0 Å². The zero-order valence-electron chi connectivity index (χ0n) is 13.8. The number of aliphatic hydroxyl groups is 1. The lowest BCUT2D eigenvalue weighted by Crippen LogP contribution is -2.45. The maximum Gasteiger partial charge on any atom is 0.0558 e. The average Bonchev–Trinajstić information content (AvgIpc) is 2.66. The van der Waals surface area contributed by atoms with Gasteiger partial charge in [-0.2, -0.15) is 0 Å². The second-order valence-electron chi connectivity index (χ2n) is 6.59. The van der Waals surface area contributed by atoms with Crippen molar-refractivity contribution in [2.24, 2.45) is 5.41 Å². The van der Waals surface area contributed by atoms with Gasteiger partial charge in [0.25, 0.3) is 0 Å². The van der Waals surface area contributed by atoms with E-state index in [1.807, 2.05) is 0 Å². The van der Waals surface area contributed by atoms with Gasteiger partial charge in [-0.1, -0.05) is 39.5 Å². The molecule has 0 atom stereocenters. The molecule has 0 spiro atoms. The van der Waals surface area contributed by atoms with Crippen LogP contribution in [0.1, 0.15) is 65.2 Å². The Labute approximate surface area is 126 Å². The Bertz CT molecular complexity index is 219. The summed E-state index contributed by atoms with van der Waals surface area (Å²) >= 11 is 0. The average molecular weight is 284 g/mol. The van der Waals surface area contributed by atoms with Gasteiger partial charge < -0.3 is 15.3 Å². The van der Waals surface area contributed by atoms with E-state index in [1.54, 1.807) is 0 Å². The van der Waals surface area contributed by atoms with Crippen LogP contribution in [0.5, 0.6) is 0 Å². The largest absolute Gasteiger partial charge is 0.395 e. The molecule has 0 radical (unpaired) electrons. The lowest BCUT2D eigenvalue weighted by molar-refractivity contribution is 0.108. The molecule has 0 aliphatic heterocycles. The van der Waals surface area contributed by atoms with Crippen molar-refractivity contribution >= 4 is 0 Å². The summed E-state index contributed by atoms with van der Waals surface area (Å²) in [5.41, 5.74) is 0.440. The standard InChI is InChI=1S/C17H36N2O/c1-3-11-18-15-17(9-7-5-6-8-10-17)16-19(12-4-2)13-14-20/h18,20H,3-16H2,1-2H3. The van der Waals surface area contributed by atoms with E-state index in [-0.39, 0.29) is 0 Å². The minimum absolute atomic E-state index is 0.290. The molecule has 0 unspecified atom stereocenters. The first-order chi connectivity index (χ1) is 9.76. The maximum atomic E-state index is 9.29. The molecule has 0 saturated heterocycles. The van der Waals surface area contributed by atoms with Crippen molar-refractivity contribution in [1.29, 1.82) is 0 Å². The molecule has 20 heavy (non-hydrogen) atoms. The summed E-state index contributed by atoms with van der Waals surface area (Å²) in [4.78, 5) is 2.49. The SMILES string of the molecule is CCCNCC1(CN(CCC)CCO)CCCCCC1. The molecule has 1 aliphatic carbocycles. The summed E-state index contributed by atoms with van der Waals surface area (Å²) in [6, 6.07) is 0. The maximum absolute atomic E-state index is 9.29. The van der Waals surface area contributed by atoms with Crippen molar-refractivity contribution < 1.29 is 5.11 Å². The van der Waals surface area contributed by atoms with E-state index in [4.69, 9.17) is 0 Å². The van der Waals surface area contributed by atoms with Crippen LogP contribution >= 0.6 is 0 Å². The van der Waals surface area contributed by atoms with Gasteiger partial charge in [-0.25, -0.2) is 0 Å². The second-order valence-corrected chi connectivity index (χ2v) is 6.59. The zero-order chi connectivity index (χ0) is 14.7. The fourth-order valence-electron chi connectivity index (χ4n) is 3.60. The minimum Gasteiger partial charge on any atom is -0.395 e. The Morgan fingerprint density at radius 3 is 2.25 bits per heavy atom. The monoisotopic (exact) mass is 284 g/mol. The van der Waals surface area contributed by atoms with Crippen molar-refractivity contribution in [3.05, 3.63) is 0 Å². The van der Waals surface area contributed by atoms with Gasteiger partial charge in [-0.3, -0.25) is 0 Å². The van der Waals surface area contributed by atoms with E-state index in [1.165, 1.54) is 51.4 Å². The van der Waals surface area contributed by atoms with Crippen LogP contribution < -0.4 is 5.32 Å². The lowest BCUT2D eigenvalue weighted by atomic mass is 9.79. The van der Waals surface area contributed by atoms with Crippen molar-refractivity contribution in [3.63, 3.8) is 0 Å². The summed E-state index contributed by atoms with van der Waals surface area (Å²) in [7, 11) is 0. The van der Waals surface area contributed by atoms with E-state index >= 15 is 0 Å². The quantitative estimate of drug-likeness (QED) is 0.478. The molecule has 0 bridgehead atoms. The Balaban J connectivity index is 2.62. The van der Waals surface area contributed by atoms with Crippen LogP contribution in [0.4, 0.5) is 0 Å².